The van der Waals surface area contributed by atoms with Crippen LogP contribution in [-0.4, -0.2) is 71.1 Å². The third kappa shape index (κ3) is 6.05. The van der Waals surface area contributed by atoms with E-state index in [1.165, 1.54) is 6.33 Å². The Labute approximate surface area is 174 Å². The molecule has 30 heavy (non-hydrogen) atoms. The monoisotopic (exact) mass is 414 g/mol. The maximum absolute atomic E-state index is 13.0. The predicted octanol–water partition coefficient (Wildman–Crippen LogP) is -0.425. The van der Waals surface area contributed by atoms with Crippen LogP contribution in [0.4, 0.5) is 4.79 Å². The van der Waals surface area contributed by atoms with Gasteiger partial charge in [-0.2, -0.15) is 0 Å². The molecule has 4 amide bonds. The molecule has 0 radical (unpaired) electrons. The zero-order valence-corrected chi connectivity index (χ0v) is 16.5. The minimum absolute atomic E-state index is 0.153. The second-order valence-electron chi connectivity index (χ2n) is 7.02. The van der Waals surface area contributed by atoms with Crippen molar-refractivity contribution < 1.29 is 19.1 Å². The third-order valence-electron chi connectivity index (χ3n) is 4.82. The molecule has 1 aromatic carbocycles. The standard InChI is InChI=1S/C20H26N6O4/c21-18(27)16(11-15-12-22-13-23-15)24-19(28)17(10-14-4-2-1-3-5-14)25-20(29)26-6-8-30-9-7-26/h1-5,12-13,16-17H,6-11H2,(H2,21,27)(H,22,23)(H,24,28)(H,25,29)/t16-,17-/m0/s1. The van der Waals surface area contributed by atoms with Crippen LogP contribution in [0.25, 0.3) is 0 Å². The van der Waals surface area contributed by atoms with Crippen molar-refractivity contribution in [3.8, 4) is 0 Å². The maximum Gasteiger partial charge on any atom is 0.318 e. The van der Waals surface area contributed by atoms with Crippen molar-refractivity contribution in [2.24, 2.45) is 5.73 Å². The number of nitrogens with one attached hydrogen (secondary N) is 3. The molecule has 10 nitrogen and oxygen atoms in total. The van der Waals surface area contributed by atoms with Gasteiger partial charge in [0.15, 0.2) is 0 Å². The largest absolute Gasteiger partial charge is 0.378 e. The second kappa shape index (κ2) is 10.4. The van der Waals surface area contributed by atoms with Crippen molar-refractivity contribution in [2.75, 3.05) is 26.3 Å². The number of benzene rings is 1. The summed E-state index contributed by atoms with van der Waals surface area (Å²) in [4.78, 5) is 46.0. The van der Waals surface area contributed by atoms with E-state index in [0.29, 0.717) is 32.0 Å². The summed E-state index contributed by atoms with van der Waals surface area (Å²) in [5.41, 5.74) is 6.94. The highest BCUT2D eigenvalue weighted by Crippen LogP contribution is 2.07. The van der Waals surface area contributed by atoms with Gasteiger partial charge in [-0.25, -0.2) is 9.78 Å². The van der Waals surface area contributed by atoms with Crippen LogP contribution in [0.3, 0.4) is 0 Å². The number of nitrogens with zero attached hydrogens (tertiary/aromatic N) is 2. The summed E-state index contributed by atoms with van der Waals surface area (Å²) in [6.45, 7) is 1.82. The van der Waals surface area contributed by atoms with Gasteiger partial charge in [0.05, 0.1) is 25.2 Å². The Morgan fingerprint density at radius 1 is 1.10 bits per heavy atom. The number of aromatic amines is 1. The van der Waals surface area contributed by atoms with Crippen LogP contribution < -0.4 is 16.4 Å². The average Bonchev–Trinajstić information content (AvgIpc) is 3.27. The first-order chi connectivity index (χ1) is 14.5. The number of ether oxygens (including phenoxy) is 1. The molecule has 0 bridgehead atoms. The summed E-state index contributed by atoms with van der Waals surface area (Å²) in [6, 6.07) is 7.17. The van der Waals surface area contributed by atoms with Gasteiger partial charge in [0.25, 0.3) is 0 Å². The van der Waals surface area contributed by atoms with Crippen molar-refractivity contribution in [1.82, 2.24) is 25.5 Å². The van der Waals surface area contributed by atoms with Crippen LogP contribution in [0.2, 0.25) is 0 Å². The highest BCUT2D eigenvalue weighted by Gasteiger charge is 2.28. The number of rotatable bonds is 8. The van der Waals surface area contributed by atoms with E-state index in [2.05, 4.69) is 20.6 Å². The Balaban J connectivity index is 1.70. The molecule has 0 saturated carbocycles. The zero-order chi connectivity index (χ0) is 21.3. The molecule has 0 aliphatic carbocycles. The zero-order valence-electron chi connectivity index (χ0n) is 16.5. The summed E-state index contributed by atoms with van der Waals surface area (Å²) in [5, 5.41) is 5.44. The molecule has 1 saturated heterocycles. The van der Waals surface area contributed by atoms with Crippen molar-refractivity contribution in [2.45, 2.75) is 24.9 Å². The normalized spacial score (nSPS) is 15.8. The fourth-order valence-corrected chi connectivity index (χ4v) is 3.17. The lowest BCUT2D eigenvalue weighted by Crippen LogP contribution is -2.57. The molecule has 2 atom stereocenters. The van der Waals surface area contributed by atoms with E-state index in [4.69, 9.17) is 10.5 Å². The number of hydrogen-bond acceptors (Lipinski definition) is 5. The molecule has 1 aliphatic heterocycles. The molecule has 3 rings (SSSR count). The quantitative estimate of drug-likeness (QED) is 0.464. The van der Waals surface area contributed by atoms with Crippen LogP contribution in [0.5, 0.6) is 0 Å². The molecule has 1 aliphatic rings. The molecule has 0 spiro atoms. The van der Waals surface area contributed by atoms with Crippen molar-refractivity contribution >= 4 is 17.8 Å². The second-order valence-corrected chi connectivity index (χ2v) is 7.02. The molecule has 2 heterocycles. The van der Waals surface area contributed by atoms with Gasteiger partial charge in [0.1, 0.15) is 12.1 Å². The smallest absolute Gasteiger partial charge is 0.318 e. The van der Waals surface area contributed by atoms with Gasteiger partial charge in [-0.15, -0.1) is 0 Å². The van der Waals surface area contributed by atoms with E-state index < -0.39 is 23.9 Å². The molecule has 2 aromatic rings. The highest BCUT2D eigenvalue weighted by molar-refractivity contribution is 5.91. The number of carbonyl (C=O) groups is 3. The number of morpholine rings is 1. The lowest BCUT2D eigenvalue weighted by Gasteiger charge is -2.29. The Bertz CT molecular complexity index is 836. The minimum Gasteiger partial charge on any atom is -0.378 e. The fourth-order valence-electron chi connectivity index (χ4n) is 3.17. The number of amides is 4. The number of H-pyrrole nitrogens is 1. The first kappa shape index (κ1) is 21.3. The van der Waals surface area contributed by atoms with E-state index in [9.17, 15) is 14.4 Å². The van der Waals surface area contributed by atoms with E-state index in [1.54, 1.807) is 11.1 Å². The van der Waals surface area contributed by atoms with Crippen molar-refractivity contribution in [3.63, 3.8) is 0 Å². The van der Waals surface area contributed by atoms with Gasteiger partial charge in [-0.1, -0.05) is 30.3 Å². The van der Waals surface area contributed by atoms with Gasteiger partial charge in [0, 0.05) is 32.1 Å². The van der Waals surface area contributed by atoms with E-state index in [0.717, 1.165) is 5.56 Å². The first-order valence-electron chi connectivity index (χ1n) is 9.77. The predicted molar refractivity (Wildman–Crippen MR) is 108 cm³/mol. The van der Waals surface area contributed by atoms with Gasteiger partial charge in [-0.3, -0.25) is 9.59 Å². The summed E-state index contributed by atoms with van der Waals surface area (Å²) in [7, 11) is 0. The summed E-state index contributed by atoms with van der Waals surface area (Å²) in [5.74, 6) is -1.16. The number of imidazole rings is 1. The third-order valence-corrected chi connectivity index (χ3v) is 4.82. The van der Waals surface area contributed by atoms with Crippen molar-refractivity contribution in [3.05, 3.63) is 54.1 Å². The molecule has 5 N–H and O–H groups in total. The van der Waals surface area contributed by atoms with Crippen LogP contribution in [-0.2, 0) is 27.2 Å². The molecular weight excluding hydrogens is 388 g/mol. The number of primary amides is 1. The topological polar surface area (TPSA) is 142 Å². The maximum atomic E-state index is 13.0. The van der Waals surface area contributed by atoms with E-state index in [-0.39, 0.29) is 18.9 Å². The SMILES string of the molecule is NC(=O)[C@H](Cc1c[nH]cn1)NC(=O)[C@H](Cc1ccccc1)NC(=O)N1CCOCC1. The first-order valence-corrected chi connectivity index (χ1v) is 9.77. The highest BCUT2D eigenvalue weighted by atomic mass is 16.5. The van der Waals surface area contributed by atoms with Crippen LogP contribution in [0, 0.1) is 0 Å². The summed E-state index contributed by atoms with van der Waals surface area (Å²) < 4.78 is 5.27. The van der Waals surface area contributed by atoms with E-state index in [1.807, 2.05) is 30.3 Å². The minimum atomic E-state index is -0.945. The summed E-state index contributed by atoms with van der Waals surface area (Å²) >= 11 is 0. The molecule has 1 fully saturated rings. The fraction of sp³-hybridized carbons (Fsp3) is 0.400. The van der Waals surface area contributed by atoms with Crippen molar-refractivity contribution in [1.29, 1.82) is 0 Å². The number of carbonyl (C=O) groups excluding carboxylic acids is 3. The number of aromatic nitrogens is 2. The molecule has 160 valence electrons. The van der Waals surface area contributed by atoms with Crippen LogP contribution in [0.15, 0.2) is 42.9 Å². The molecule has 0 unspecified atom stereocenters. The van der Waals surface area contributed by atoms with Gasteiger partial charge in [0.2, 0.25) is 11.8 Å². The lowest BCUT2D eigenvalue weighted by molar-refractivity contribution is -0.128. The molecular formula is C20H26N6O4. The van der Waals surface area contributed by atoms with E-state index >= 15 is 0 Å². The Morgan fingerprint density at radius 3 is 2.47 bits per heavy atom. The summed E-state index contributed by atoms with van der Waals surface area (Å²) in [6.07, 6.45) is 3.54. The molecule has 10 heteroatoms. The van der Waals surface area contributed by atoms with Gasteiger partial charge < -0.3 is 31.0 Å². The Kier molecular flexibility index (Phi) is 7.39. The lowest BCUT2D eigenvalue weighted by atomic mass is 10.0. The average molecular weight is 414 g/mol. The number of urea groups is 1. The van der Waals surface area contributed by atoms with Gasteiger partial charge in [-0.05, 0) is 5.56 Å². The Morgan fingerprint density at radius 2 is 1.83 bits per heavy atom. The number of hydrogen-bond donors (Lipinski definition) is 4. The Hall–Kier alpha value is -3.40. The number of nitrogens with two attached hydrogens (primary N) is 1. The van der Waals surface area contributed by atoms with Crippen LogP contribution >= 0.6 is 0 Å². The van der Waals surface area contributed by atoms with Gasteiger partial charge >= 0.3 is 6.03 Å². The van der Waals surface area contributed by atoms with Crippen LogP contribution in [0.1, 0.15) is 11.3 Å². The molecule has 1 aromatic heterocycles.